The van der Waals surface area contributed by atoms with Crippen molar-refractivity contribution in [3.8, 4) is 11.3 Å². The number of aryl methyl sites for hydroxylation is 3. The van der Waals surface area contributed by atoms with Gasteiger partial charge in [-0.15, -0.1) is 5.10 Å². The van der Waals surface area contributed by atoms with Crippen molar-refractivity contribution >= 4 is 32.8 Å². The summed E-state index contributed by atoms with van der Waals surface area (Å²) in [5, 5.41) is 19.6. The van der Waals surface area contributed by atoms with Gasteiger partial charge in [0.15, 0.2) is 0 Å². The maximum Gasteiger partial charge on any atom is 0.110 e. The van der Waals surface area contributed by atoms with Crippen LogP contribution < -0.4 is 0 Å². The molecule has 9 nitrogen and oxygen atoms in total. The van der Waals surface area contributed by atoms with Crippen LogP contribution in [0.25, 0.3) is 32.5 Å². The van der Waals surface area contributed by atoms with Crippen LogP contribution >= 0.6 is 11.5 Å². The van der Waals surface area contributed by atoms with E-state index in [2.05, 4.69) is 40.0 Å². The zero-order valence-electron chi connectivity index (χ0n) is 21.8. The van der Waals surface area contributed by atoms with Crippen molar-refractivity contribution in [3.63, 3.8) is 0 Å². The van der Waals surface area contributed by atoms with Crippen molar-refractivity contribution in [2.75, 3.05) is 13.2 Å². The summed E-state index contributed by atoms with van der Waals surface area (Å²) in [5.41, 5.74) is 7.19. The number of fused-ring (bicyclic) bond motifs is 3. The molecule has 0 radical (unpaired) electrons. The number of aliphatic hydroxyl groups is 1. The maximum atomic E-state index is 11.2. The highest BCUT2D eigenvalue weighted by molar-refractivity contribution is 7.14. The lowest BCUT2D eigenvalue weighted by Gasteiger charge is -2.32. The summed E-state index contributed by atoms with van der Waals surface area (Å²) in [6.45, 7) is 9.04. The molecule has 1 atom stereocenters. The van der Waals surface area contributed by atoms with E-state index in [1.807, 2.05) is 26.4 Å². The van der Waals surface area contributed by atoms with Gasteiger partial charge in [0.2, 0.25) is 0 Å². The molecule has 5 aromatic rings. The van der Waals surface area contributed by atoms with Crippen molar-refractivity contribution in [3.05, 3.63) is 53.2 Å². The highest BCUT2D eigenvalue weighted by atomic mass is 32.1. The Morgan fingerprint density at radius 1 is 1.14 bits per heavy atom. The van der Waals surface area contributed by atoms with Gasteiger partial charge in [0.1, 0.15) is 16.8 Å². The first-order valence-corrected chi connectivity index (χ1v) is 13.4. The number of hydrogen-bond donors (Lipinski definition) is 1. The van der Waals surface area contributed by atoms with Crippen molar-refractivity contribution in [2.24, 2.45) is 13.0 Å². The second-order valence-corrected chi connectivity index (χ2v) is 11.3. The van der Waals surface area contributed by atoms with Crippen LogP contribution in [0, 0.1) is 19.8 Å². The molecule has 0 aliphatic carbocycles. The van der Waals surface area contributed by atoms with Crippen molar-refractivity contribution in [2.45, 2.75) is 52.2 Å². The first kappa shape index (κ1) is 24.1. The summed E-state index contributed by atoms with van der Waals surface area (Å²) in [7, 11) is 1.90. The molecule has 1 N–H and O–H groups in total. The van der Waals surface area contributed by atoms with E-state index in [-0.39, 0.29) is 6.04 Å². The van der Waals surface area contributed by atoms with Crippen LogP contribution in [0.15, 0.2) is 30.6 Å². The number of nitrogens with zero attached hydrogens (tertiary/aromatic N) is 7. The number of aromatic nitrogens is 7. The third-order valence-electron chi connectivity index (χ3n) is 7.33. The van der Waals surface area contributed by atoms with Gasteiger partial charge in [-0.2, -0.15) is 4.37 Å². The molecule has 0 amide bonds. The molecule has 0 saturated carbocycles. The van der Waals surface area contributed by atoms with Gasteiger partial charge in [-0.1, -0.05) is 11.3 Å². The smallest absolute Gasteiger partial charge is 0.110 e. The number of ether oxygens (including phenoxy) is 1. The quantitative estimate of drug-likeness (QED) is 0.360. The molecule has 6 heterocycles. The Kier molecular flexibility index (Phi) is 5.85. The molecule has 1 aliphatic heterocycles. The molecule has 1 fully saturated rings. The predicted molar refractivity (Wildman–Crippen MR) is 144 cm³/mol. The third kappa shape index (κ3) is 4.03. The van der Waals surface area contributed by atoms with Gasteiger partial charge in [-0.05, 0) is 75.7 Å². The Bertz CT molecular complexity index is 1570. The molecule has 0 spiro atoms. The van der Waals surface area contributed by atoms with Crippen LogP contribution in [0.4, 0.5) is 0 Å². The van der Waals surface area contributed by atoms with Crippen LogP contribution in [0.2, 0.25) is 0 Å². The molecular weight excluding hydrogens is 486 g/mol. The minimum Gasteiger partial charge on any atom is -0.384 e. The van der Waals surface area contributed by atoms with E-state index in [1.165, 1.54) is 11.5 Å². The molecule has 1 saturated heterocycles. The van der Waals surface area contributed by atoms with Gasteiger partial charge in [0.25, 0.3) is 0 Å². The first-order chi connectivity index (χ1) is 17.7. The Hall–Kier alpha value is -3.21. The predicted octanol–water partition coefficient (Wildman–Crippen LogP) is 4.70. The van der Waals surface area contributed by atoms with Gasteiger partial charge >= 0.3 is 0 Å². The summed E-state index contributed by atoms with van der Waals surface area (Å²) in [6, 6.07) is 6.36. The molecule has 10 heteroatoms. The minimum atomic E-state index is -1.11. The number of rotatable bonds is 5. The fraction of sp³-hybridized carbons (Fsp3) is 0.444. The zero-order chi connectivity index (χ0) is 25.9. The van der Waals surface area contributed by atoms with Crippen LogP contribution in [0.3, 0.4) is 0 Å². The summed E-state index contributed by atoms with van der Waals surface area (Å²) in [4.78, 5) is 9.87. The second kappa shape index (κ2) is 8.97. The number of hydrogen-bond acceptors (Lipinski definition) is 8. The molecule has 37 heavy (non-hydrogen) atoms. The molecule has 0 aromatic carbocycles. The van der Waals surface area contributed by atoms with Gasteiger partial charge in [-0.25, -0.2) is 4.68 Å². The summed E-state index contributed by atoms with van der Waals surface area (Å²) < 4.78 is 15.6. The second-order valence-electron chi connectivity index (χ2n) is 10.5. The summed E-state index contributed by atoms with van der Waals surface area (Å²) in [6.07, 6.45) is 5.67. The van der Waals surface area contributed by atoms with Gasteiger partial charge < -0.3 is 14.4 Å². The van der Waals surface area contributed by atoms with E-state index >= 15 is 0 Å². The topological polar surface area (TPSA) is 104 Å². The first-order valence-electron chi connectivity index (χ1n) is 12.6. The van der Waals surface area contributed by atoms with Crippen LogP contribution in [0.1, 0.15) is 55.4 Å². The summed E-state index contributed by atoms with van der Waals surface area (Å²) in [5.74, 6) is 0.307. The Morgan fingerprint density at radius 2 is 1.92 bits per heavy atom. The summed E-state index contributed by atoms with van der Waals surface area (Å²) >= 11 is 1.39. The lowest BCUT2D eigenvalue weighted by molar-refractivity contribution is 0.0543. The molecule has 0 bridgehead atoms. The normalized spacial score (nSPS) is 16.2. The van der Waals surface area contributed by atoms with Crippen molar-refractivity contribution < 1.29 is 9.84 Å². The van der Waals surface area contributed by atoms with Crippen LogP contribution in [-0.4, -0.2) is 52.2 Å². The van der Waals surface area contributed by atoms with Crippen molar-refractivity contribution in [1.29, 1.82) is 0 Å². The molecular formula is C27H31N7O2S. The average molecular weight is 518 g/mol. The SMILES string of the molecule is Cc1ccc(C(C2CCOCC2)n2c3cc(-c4c(C)nnn4C)cnc3c3snc(C(C)(C)O)c32)nc1. The Balaban J connectivity index is 1.70. The lowest BCUT2D eigenvalue weighted by Crippen LogP contribution is -2.28. The highest BCUT2D eigenvalue weighted by Gasteiger charge is 2.35. The Morgan fingerprint density at radius 3 is 2.57 bits per heavy atom. The minimum absolute atomic E-state index is 0.0650. The molecule has 6 rings (SSSR count). The van der Waals surface area contributed by atoms with E-state index in [0.29, 0.717) is 11.6 Å². The third-order valence-corrected chi connectivity index (χ3v) is 8.17. The number of pyridine rings is 2. The fourth-order valence-electron chi connectivity index (χ4n) is 5.54. The van der Waals surface area contributed by atoms with E-state index < -0.39 is 5.60 Å². The monoisotopic (exact) mass is 517 g/mol. The average Bonchev–Trinajstić information content (AvgIpc) is 3.54. The molecule has 1 aliphatic rings. The zero-order valence-corrected chi connectivity index (χ0v) is 22.6. The van der Waals surface area contributed by atoms with Gasteiger partial charge in [0, 0.05) is 38.2 Å². The highest BCUT2D eigenvalue weighted by Crippen LogP contribution is 2.44. The largest absolute Gasteiger partial charge is 0.384 e. The van der Waals surface area contributed by atoms with E-state index in [0.717, 1.165) is 75.5 Å². The van der Waals surface area contributed by atoms with E-state index in [1.54, 1.807) is 18.5 Å². The molecule has 192 valence electrons. The fourth-order valence-corrected chi connectivity index (χ4v) is 6.56. The molecule has 1 unspecified atom stereocenters. The van der Waals surface area contributed by atoms with Crippen LogP contribution in [0.5, 0.6) is 0 Å². The van der Waals surface area contributed by atoms with E-state index in [4.69, 9.17) is 19.1 Å². The van der Waals surface area contributed by atoms with E-state index in [9.17, 15) is 5.11 Å². The van der Waals surface area contributed by atoms with Crippen LogP contribution in [-0.2, 0) is 17.4 Å². The maximum absolute atomic E-state index is 11.2. The van der Waals surface area contributed by atoms with Crippen molar-refractivity contribution in [1.82, 2.24) is 33.9 Å². The molecule has 5 aromatic heterocycles. The van der Waals surface area contributed by atoms with Gasteiger partial charge in [-0.3, -0.25) is 9.97 Å². The Labute approximate surface area is 219 Å². The standard InChI is InChI=1S/C27H31N7O2S/c1-15-6-7-19(28-13-15)23(17-8-10-36-11-9-17)34-20-12-18(22-16(2)30-32-33(22)5)14-29-21(20)25-24(34)26(31-37-25)27(3,4)35/h6-7,12-14,17,23,35H,8-11H2,1-5H3. The lowest BCUT2D eigenvalue weighted by atomic mass is 9.88. The van der Waals surface area contributed by atoms with Gasteiger partial charge in [0.05, 0.1) is 38.9 Å².